The SMILES string of the molecule is CC(Sc1ccccc1C(=O)NC(C)C1CCCO1)C(=O)O. The first-order chi connectivity index (χ1) is 10.5. The number of hydrogen-bond acceptors (Lipinski definition) is 4. The monoisotopic (exact) mass is 323 g/mol. The molecule has 0 aromatic heterocycles. The largest absolute Gasteiger partial charge is 0.480 e. The Morgan fingerprint density at radius 2 is 2.09 bits per heavy atom. The summed E-state index contributed by atoms with van der Waals surface area (Å²) in [5.41, 5.74) is 0.505. The van der Waals surface area contributed by atoms with Gasteiger partial charge in [0.2, 0.25) is 0 Å². The molecule has 1 amide bonds. The topological polar surface area (TPSA) is 75.6 Å². The normalized spacial score (nSPS) is 20.4. The van der Waals surface area contributed by atoms with Crippen LogP contribution >= 0.6 is 11.8 Å². The Labute approximate surface area is 134 Å². The van der Waals surface area contributed by atoms with Crippen LogP contribution in [0.15, 0.2) is 29.2 Å². The summed E-state index contributed by atoms with van der Waals surface area (Å²) >= 11 is 1.17. The van der Waals surface area contributed by atoms with Gasteiger partial charge in [0.1, 0.15) is 5.25 Å². The highest BCUT2D eigenvalue weighted by atomic mass is 32.2. The lowest BCUT2D eigenvalue weighted by Gasteiger charge is -2.21. The molecule has 6 heteroatoms. The summed E-state index contributed by atoms with van der Waals surface area (Å²) in [6.07, 6.45) is 2.03. The minimum Gasteiger partial charge on any atom is -0.480 e. The van der Waals surface area contributed by atoms with Crippen LogP contribution in [0.5, 0.6) is 0 Å². The highest BCUT2D eigenvalue weighted by Gasteiger charge is 2.25. The van der Waals surface area contributed by atoms with Crippen LogP contribution in [0.2, 0.25) is 0 Å². The van der Waals surface area contributed by atoms with Crippen LogP contribution in [0.25, 0.3) is 0 Å². The molecule has 3 atom stereocenters. The van der Waals surface area contributed by atoms with Crippen molar-refractivity contribution < 1.29 is 19.4 Å². The molecule has 0 saturated carbocycles. The number of rotatable bonds is 6. The molecule has 0 aliphatic carbocycles. The number of hydrogen-bond donors (Lipinski definition) is 2. The van der Waals surface area contributed by atoms with Gasteiger partial charge in [-0.2, -0.15) is 0 Å². The minimum atomic E-state index is -0.895. The smallest absolute Gasteiger partial charge is 0.316 e. The molecule has 2 N–H and O–H groups in total. The Morgan fingerprint density at radius 1 is 1.36 bits per heavy atom. The number of carbonyl (C=O) groups is 2. The maximum atomic E-state index is 12.5. The first-order valence-corrected chi connectivity index (χ1v) is 8.28. The Balaban J connectivity index is 2.07. The molecule has 22 heavy (non-hydrogen) atoms. The van der Waals surface area contributed by atoms with Crippen LogP contribution in [-0.2, 0) is 9.53 Å². The number of carbonyl (C=O) groups excluding carboxylic acids is 1. The minimum absolute atomic E-state index is 0.0571. The summed E-state index contributed by atoms with van der Waals surface area (Å²) in [6.45, 7) is 4.29. The second-order valence-electron chi connectivity index (χ2n) is 5.41. The molecule has 1 aliphatic heterocycles. The highest BCUT2D eigenvalue weighted by Crippen LogP contribution is 2.27. The molecule has 5 nitrogen and oxygen atoms in total. The van der Waals surface area contributed by atoms with E-state index in [4.69, 9.17) is 9.84 Å². The van der Waals surface area contributed by atoms with Crippen molar-refractivity contribution in [2.24, 2.45) is 0 Å². The highest BCUT2D eigenvalue weighted by molar-refractivity contribution is 8.00. The third-order valence-electron chi connectivity index (χ3n) is 3.66. The summed E-state index contributed by atoms with van der Waals surface area (Å²) < 4.78 is 5.58. The van der Waals surface area contributed by atoms with E-state index in [-0.39, 0.29) is 18.1 Å². The maximum absolute atomic E-state index is 12.5. The Morgan fingerprint density at radius 3 is 2.73 bits per heavy atom. The van der Waals surface area contributed by atoms with Gasteiger partial charge in [0.25, 0.3) is 5.91 Å². The van der Waals surface area contributed by atoms with Crippen molar-refractivity contribution >= 4 is 23.6 Å². The molecular formula is C16H21NO4S. The number of benzene rings is 1. The Hall–Kier alpha value is -1.53. The second kappa shape index (κ2) is 7.65. The molecule has 120 valence electrons. The molecule has 1 aliphatic rings. The average Bonchev–Trinajstić information content (AvgIpc) is 3.01. The van der Waals surface area contributed by atoms with E-state index in [1.807, 2.05) is 6.92 Å². The molecule has 0 spiro atoms. The number of aliphatic carboxylic acids is 1. The van der Waals surface area contributed by atoms with Gasteiger partial charge in [0.05, 0.1) is 17.7 Å². The lowest BCUT2D eigenvalue weighted by molar-refractivity contribution is -0.136. The first-order valence-electron chi connectivity index (χ1n) is 7.40. The van der Waals surface area contributed by atoms with Gasteiger partial charge in [-0.3, -0.25) is 9.59 Å². The van der Waals surface area contributed by atoms with E-state index >= 15 is 0 Å². The zero-order chi connectivity index (χ0) is 16.1. The van der Waals surface area contributed by atoms with Crippen molar-refractivity contribution in [2.75, 3.05) is 6.61 Å². The lowest BCUT2D eigenvalue weighted by Crippen LogP contribution is -2.41. The van der Waals surface area contributed by atoms with E-state index in [0.29, 0.717) is 10.5 Å². The van der Waals surface area contributed by atoms with Crippen molar-refractivity contribution in [3.63, 3.8) is 0 Å². The third kappa shape index (κ3) is 4.24. The van der Waals surface area contributed by atoms with E-state index in [9.17, 15) is 9.59 Å². The predicted octanol–water partition coefficient (Wildman–Crippen LogP) is 2.55. The van der Waals surface area contributed by atoms with E-state index in [1.165, 1.54) is 11.8 Å². The van der Waals surface area contributed by atoms with Gasteiger partial charge in [0, 0.05) is 11.5 Å². The quantitative estimate of drug-likeness (QED) is 0.787. The first kappa shape index (κ1) is 16.8. The average molecular weight is 323 g/mol. The molecular weight excluding hydrogens is 302 g/mol. The summed E-state index contributed by atoms with van der Waals surface area (Å²) in [5.74, 6) is -1.09. The standard InChI is InChI=1S/C16H21NO4S/c1-10(13-7-5-9-21-13)17-15(18)12-6-3-4-8-14(12)22-11(2)16(19)20/h3-4,6,8,10-11,13H,5,7,9H2,1-2H3,(H,17,18)(H,19,20). The number of thioether (sulfide) groups is 1. The Kier molecular flexibility index (Phi) is 5.85. The van der Waals surface area contributed by atoms with Crippen molar-refractivity contribution in [3.05, 3.63) is 29.8 Å². The fraction of sp³-hybridized carbons (Fsp3) is 0.500. The molecule has 1 aromatic rings. The van der Waals surface area contributed by atoms with E-state index in [0.717, 1.165) is 19.4 Å². The van der Waals surface area contributed by atoms with Gasteiger partial charge in [0.15, 0.2) is 0 Å². The van der Waals surface area contributed by atoms with Crippen LogP contribution in [0, 0.1) is 0 Å². The number of carboxylic acid groups (broad SMARTS) is 1. The zero-order valence-corrected chi connectivity index (χ0v) is 13.6. The fourth-order valence-electron chi connectivity index (χ4n) is 2.37. The number of ether oxygens (including phenoxy) is 1. The van der Waals surface area contributed by atoms with Gasteiger partial charge in [-0.1, -0.05) is 12.1 Å². The number of amides is 1. The second-order valence-corrected chi connectivity index (χ2v) is 6.79. The Bertz CT molecular complexity index is 543. The van der Waals surface area contributed by atoms with Crippen LogP contribution < -0.4 is 5.32 Å². The molecule has 3 unspecified atom stereocenters. The van der Waals surface area contributed by atoms with Gasteiger partial charge < -0.3 is 15.2 Å². The molecule has 1 heterocycles. The summed E-state index contributed by atoms with van der Waals surface area (Å²) in [5, 5.41) is 11.4. The van der Waals surface area contributed by atoms with Gasteiger partial charge in [-0.05, 0) is 38.8 Å². The zero-order valence-electron chi connectivity index (χ0n) is 12.7. The molecule has 1 fully saturated rings. The van der Waals surface area contributed by atoms with Gasteiger partial charge in [-0.25, -0.2) is 0 Å². The maximum Gasteiger partial charge on any atom is 0.316 e. The van der Waals surface area contributed by atoms with Gasteiger partial charge in [-0.15, -0.1) is 11.8 Å². The number of carboxylic acids is 1. The lowest BCUT2D eigenvalue weighted by atomic mass is 10.1. The predicted molar refractivity (Wildman–Crippen MR) is 85.3 cm³/mol. The summed E-state index contributed by atoms with van der Waals surface area (Å²) in [7, 11) is 0. The molecule has 1 aromatic carbocycles. The summed E-state index contributed by atoms with van der Waals surface area (Å²) in [6, 6.07) is 7.01. The van der Waals surface area contributed by atoms with E-state index < -0.39 is 11.2 Å². The molecule has 1 saturated heterocycles. The van der Waals surface area contributed by atoms with Crippen LogP contribution in [0.1, 0.15) is 37.0 Å². The third-order valence-corrected chi connectivity index (χ3v) is 4.83. The van der Waals surface area contributed by atoms with E-state index in [2.05, 4.69) is 5.32 Å². The number of nitrogens with one attached hydrogen (secondary N) is 1. The van der Waals surface area contributed by atoms with Crippen molar-refractivity contribution in [3.8, 4) is 0 Å². The van der Waals surface area contributed by atoms with Crippen LogP contribution in [-0.4, -0.2) is 41.0 Å². The van der Waals surface area contributed by atoms with Crippen LogP contribution in [0.3, 0.4) is 0 Å². The molecule has 0 radical (unpaired) electrons. The fourth-order valence-corrected chi connectivity index (χ4v) is 3.30. The van der Waals surface area contributed by atoms with Crippen molar-refractivity contribution in [1.29, 1.82) is 0 Å². The van der Waals surface area contributed by atoms with Crippen molar-refractivity contribution in [2.45, 2.75) is 49.0 Å². The van der Waals surface area contributed by atoms with E-state index in [1.54, 1.807) is 31.2 Å². The van der Waals surface area contributed by atoms with Gasteiger partial charge >= 0.3 is 5.97 Å². The van der Waals surface area contributed by atoms with Crippen molar-refractivity contribution in [1.82, 2.24) is 5.32 Å². The van der Waals surface area contributed by atoms with Crippen LogP contribution in [0.4, 0.5) is 0 Å². The molecule has 0 bridgehead atoms. The molecule has 2 rings (SSSR count). The summed E-state index contributed by atoms with van der Waals surface area (Å²) in [4.78, 5) is 24.1.